The molecular formula is C13H25NO2. The average Bonchev–Trinajstić information content (AvgIpc) is 2.23. The van der Waals surface area contributed by atoms with Crippen molar-refractivity contribution in [2.75, 3.05) is 6.61 Å². The van der Waals surface area contributed by atoms with Gasteiger partial charge in [-0.15, -0.1) is 0 Å². The largest absolute Gasteiger partial charge is 0.465 e. The van der Waals surface area contributed by atoms with Crippen LogP contribution in [-0.4, -0.2) is 24.7 Å². The van der Waals surface area contributed by atoms with Crippen LogP contribution in [0.4, 0.5) is 0 Å². The molecule has 0 bridgehead atoms. The standard InChI is InChI=1S/C13H25NO2/c1-5-16-13(15)11(4)14-12-9(2)7-6-8-10(12)3/h9-12,14H,5-8H2,1-4H3. The van der Waals surface area contributed by atoms with E-state index in [2.05, 4.69) is 19.2 Å². The Morgan fingerprint density at radius 3 is 2.44 bits per heavy atom. The Hall–Kier alpha value is -0.570. The molecule has 0 spiro atoms. The minimum absolute atomic E-state index is 0.132. The van der Waals surface area contributed by atoms with Crippen molar-refractivity contribution in [3.8, 4) is 0 Å². The molecule has 1 fully saturated rings. The lowest BCUT2D eigenvalue weighted by molar-refractivity contribution is -0.145. The Balaban J connectivity index is 2.47. The average molecular weight is 227 g/mol. The lowest BCUT2D eigenvalue weighted by atomic mass is 9.78. The number of nitrogens with one attached hydrogen (secondary N) is 1. The Morgan fingerprint density at radius 1 is 1.38 bits per heavy atom. The highest BCUT2D eigenvalue weighted by atomic mass is 16.5. The third kappa shape index (κ3) is 3.48. The molecule has 0 aromatic rings. The molecule has 3 nitrogen and oxygen atoms in total. The van der Waals surface area contributed by atoms with Gasteiger partial charge in [0, 0.05) is 6.04 Å². The lowest BCUT2D eigenvalue weighted by Crippen LogP contribution is -2.49. The highest BCUT2D eigenvalue weighted by molar-refractivity contribution is 5.75. The molecule has 0 saturated heterocycles. The van der Waals surface area contributed by atoms with Crippen molar-refractivity contribution in [2.45, 2.75) is 59.0 Å². The zero-order valence-corrected chi connectivity index (χ0v) is 11.0. The Bertz CT molecular complexity index is 220. The Morgan fingerprint density at radius 2 is 1.94 bits per heavy atom. The summed E-state index contributed by atoms with van der Waals surface area (Å²) in [5.41, 5.74) is 0. The second-order valence-electron chi connectivity index (χ2n) is 5.05. The molecule has 0 aromatic heterocycles. The smallest absolute Gasteiger partial charge is 0.322 e. The molecular weight excluding hydrogens is 202 g/mol. The lowest BCUT2D eigenvalue weighted by Gasteiger charge is -2.36. The summed E-state index contributed by atoms with van der Waals surface area (Å²) in [6.07, 6.45) is 3.84. The molecule has 16 heavy (non-hydrogen) atoms. The van der Waals surface area contributed by atoms with Crippen LogP contribution >= 0.6 is 0 Å². The monoisotopic (exact) mass is 227 g/mol. The minimum Gasteiger partial charge on any atom is -0.465 e. The molecule has 0 aliphatic heterocycles. The van der Waals surface area contributed by atoms with Crippen molar-refractivity contribution >= 4 is 5.97 Å². The van der Waals surface area contributed by atoms with Crippen LogP contribution in [0.15, 0.2) is 0 Å². The van der Waals surface area contributed by atoms with Crippen LogP contribution < -0.4 is 5.32 Å². The first kappa shape index (κ1) is 13.5. The maximum atomic E-state index is 11.5. The molecule has 3 heteroatoms. The highest BCUT2D eigenvalue weighted by Gasteiger charge is 2.30. The van der Waals surface area contributed by atoms with Crippen molar-refractivity contribution < 1.29 is 9.53 Å². The van der Waals surface area contributed by atoms with E-state index >= 15 is 0 Å². The van der Waals surface area contributed by atoms with Crippen LogP contribution in [-0.2, 0) is 9.53 Å². The van der Waals surface area contributed by atoms with Gasteiger partial charge in [0.05, 0.1) is 6.61 Å². The van der Waals surface area contributed by atoms with Crippen LogP contribution in [0.3, 0.4) is 0 Å². The van der Waals surface area contributed by atoms with Gasteiger partial charge in [-0.05, 0) is 38.5 Å². The van der Waals surface area contributed by atoms with Crippen molar-refractivity contribution in [1.82, 2.24) is 5.32 Å². The predicted molar refractivity (Wildman–Crippen MR) is 65.2 cm³/mol. The van der Waals surface area contributed by atoms with Gasteiger partial charge in [-0.3, -0.25) is 4.79 Å². The summed E-state index contributed by atoms with van der Waals surface area (Å²) in [5, 5.41) is 3.43. The van der Waals surface area contributed by atoms with Gasteiger partial charge in [-0.2, -0.15) is 0 Å². The van der Waals surface area contributed by atoms with E-state index in [1.54, 1.807) is 0 Å². The Labute approximate surface area is 98.9 Å². The molecule has 0 aromatic carbocycles. The van der Waals surface area contributed by atoms with E-state index in [4.69, 9.17) is 4.74 Å². The van der Waals surface area contributed by atoms with Gasteiger partial charge in [-0.1, -0.05) is 20.3 Å². The van der Waals surface area contributed by atoms with E-state index < -0.39 is 0 Å². The molecule has 1 rings (SSSR count). The summed E-state index contributed by atoms with van der Waals surface area (Å²) in [6, 6.07) is 0.265. The first-order valence-corrected chi connectivity index (χ1v) is 6.49. The number of hydrogen-bond donors (Lipinski definition) is 1. The van der Waals surface area contributed by atoms with Crippen molar-refractivity contribution in [2.24, 2.45) is 11.8 Å². The fourth-order valence-corrected chi connectivity index (χ4v) is 2.63. The van der Waals surface area contributed by atoms with Crippen molar-refractivity contribution in [3.63, 3.8) is 0 Å². The van der Waals surface area contributed by atoms with E-state index in [0.717, 1.165) is 0 Å². The van der Waals surface area contributed by atoms with E-state index in [0.29, 0.717) is 24.5 Å². The van der Waals surface area contributed by atoms with Gasteiger partial charge >= 0.3 is 5.97 Å². The third-order valence-electron chi connectivity index (χ3n) is 3.63. The van der Waals surface area contributed by atoms with Crippen LogP contribution in [0.5, 0.6) is 0 Å². The number of carbonyl (C=O) groups is 1. The molecule has 0 amide bonds. The summed E-state index contributed by atoms with van der Waals surface area (Å²) >= 11 is 0. The van der Waals surface area contributed by atoms with Crippen molar-refractivity contribution in [1.29, 1.82) is 0 Å². The second-order valence-corrected chi connectivity index (χ2v) is 5.05. The first-order valence-electron chi connectivity index (χ1n) is 6.49. The van der Waals surface area contributed by atoms with Crippen LogP contribution in [0.25, 0.3) is 0 Å². The van der Waals surface area contributed by atoms with Crippen molar-refractivity contribution in [3.05, 3.63) is 0 Å². The van der Waals surface area contributed by atoms with Gasteiger partial charge in [0.15, 0.2) is 0 Å². The molecule has 3 unspecified atom stereocenters. The van der Waals surface area contributed by atoms with Gasteiger partial charge in [0.25, 0.3) is 0 Å². The molecule has 0 heterocycles. The molecule has 1 saturated carbocycles. The minimum atomic E-state index is -0.187. The van der Waals surface area contributed by atoms with E-state index in [-0.39, 0.29) is 12.0 Å². The topological polar surface area (TPSA) is 38.3 Å². The zero-order chi connectivity index (χ0) is 12.1. The van der Waals surface area contributed by atoms with Crippen LogP contribution in [0.1, 0.15) is 47.0 Å². The van der Waals surface area contributed by atoms with Gasteiger partial charge < -0.3 is 10.1 Å². The zero-order valence-electron chi connectivity index (χ0n) is 11.0. The molecule has 3 atom stereocenters. The Kier molecular flexibility index (Phi) is 5.26. The molecule has 0 radical (unpaired) electrons. The summed E-state index contributed by atoms with van der Waals surface area (Å²) in [4.78, 5) is 11.5. The van der Waals surface area contributed by atoms with Gasteiger partial charge in [-0.25, -0.2) is 0 Å². The molecule has 1 N–H and O–H groups in total. The molecule has 1 aliphatic carbocycles. The maximum Gasteiger partial charge on any atom is 0.322 e. The predicted octanol–water partition coefficient (Wildman–Crippen LogP) is 2.35. The molecule has 94 valence electrons. The number of hydrogen-bond acceptors (Lipinski definition) is 3. The number of rotatable bonds is 4. The summed E-state index contributed by atoms with van der Waals surface area (Å²) in [6.45, 7) is 8.74. The van der Waals surface area contributed by atoms with Gasteiger partial charge in [0.2, 0.25) is 0 Å². The first-order chi connectivity index (χ1) is 7.56. The summed E-state index contributed by atoms with van der Waals surface area (Å²) in [5.74, 6) is 1.17. The normalized spacial score (nSPS) is 32.1. The number of esters is 1. The fourth-order valence-electron chi connectivity index (χ4n) is 2.63. The van der Waals surface area contributed by atoms with E-state index in [1.807, 2.05) is 13.8 Å². The maximum absolute atomic E-state index is 11.5. The van der Waals surface area contributed by atoms with E-state index in [1.165, 1.54) is 19.3 Å². The fraction of sp³-hybridized carbons (Fsp3) is 0.923. The SMILES string of the molecule is CCOC(=O)C(C)NC1C(C)CCCC1C. The van der Waals surface area contributed by atoms with Crippen LogP contribution in [0, 0.1) is 11.8 Å². The molecule has 1 aliphatic rings. The number of carbonyl (C=O) groups excluding carboxylic acids is 1. The van der Waals surface area contributed by atoms with Crippen LogP contribution in [0.2, 0.25) is 0 Å². The summed E-state index contributed by atoms with van der Waals surface area (Å²) in [7, 11) is 0. The quantitative estimate of drug-likeness (QED) is 0.749. The summed E-state index contributed by atoms with van der Waals surface area (Å²) < 4.78 is 5.01. The third-order valence-corrected chi connectivity index (χ3v) is 3.63. The highest BCUT2D eigenvalue weighted by Crippen LogP contribution is 2.29. The number of ether oxygens (including phenoxy) is 1. The second kappa shape index (κ2) is 6.24. The van der Waals surface area contributed by atoms with E-state index in [9.17, 15) is 4.79 Å². The van der Waals surface area contributed by atoms with Gasteiger partial charge in [0.1, 0.15) is 6.04 Å².